The second-order valence-corrected chi connectivity index (χ2v) is 8.90. The standard InChI is InChI=1S/C11H17BrN2O2S2/c12-11-2-1-10(17-11)7-14-18(15,16)8-9-3-5-13-6-4-9/h1-2,9,13-14H,3-8H2. The van der Waals surface area contributed by atoms with E-state index < -0.39 is 10.0 Å². The average molecular weight is 353 g/mol. The van der Waals surface area contributed by atoms with Crippen molar-refractivity contribution in [2.24, 2.45) is 5.92 Å². The zero-order valence-corrected chi connectivity index (χ0v) is 13.2. The molecule has 0 spiro atoms. The van der Waals surface area contributed by atoms with Crippen LogP contribution in [0.3, 0.4) is 0 Å². The SMILES string of the molecule is O=S(=O)(CC1CCNCC1)NCc1ccc(Br)s1. The smallest absolute Gasteiger partial charge is 0.212 e. The fourth-order valence-electron chi connectivity index (χ4n) is 2.05. The summed E-state index contributed by atoms with van der Waals surface area (Å²) in [6, 6.07) is 3.86. The highest BCUT2D eigenvalue weighted by atomic mass is 79.9. The zero-order valence-electron chi connectivity index (χ0n) is 9.99. The Balaban J connectivity index is 1.83. The summed E-state index contributed by atoms with van der Waals surface area (Å²) in [5.74, 6) is 0.542. The van der Waals surface area contributed by atoms with Gasteiger partial charge in [-0.05, 0) is 59.9 Å². The van der Waals surface area contributed by atoms with Crippen molar-refractivity contribution in [2.45, 2.75) is 19.4 Å². The monoisotopic (exact) mass is 352 g/mol. The first-order valence-electron chi connectivity index (χ1n) is 5.97. The molecule has 1 saturated heterocycles. The van der Waals surface area contributed by atoms with Gasteiger partial charge in [-0.2, -0.15) is 0 Å². The first-order chi connectivity index (χ1) is 8.55. The summed E-state index contributed by atoms with van der Waals surface area (Å²) in [5.41, 5.74) is 0. The summed E-state index contributed by atoms with van der Waals surface area (Å²) < 4.78 is 27.6. The van der Waals surface area contributed by atoms with E-state index in [9.17, 15) is 8.42 Å². The molecule has 2 rings (SSSR count). The van der Waals surface area contributed by atoms with E-state index in [-0.39, 0.29) is 5.75 Å². The number of piperidine rings is 1. The average Bonchev–Trinajstić information content (AvgIpc) is 2.74. The van der Waals surface area contributed by atoms with Gasteiger partial charge in [-0.15, -0.1) is 11.3 Å². The normalized spacial score (nSPS) is 18.1. The molecular formula is C11H17BrN2O2S2. The van der Waals surface area contributed by atoms with Crippen LogP contribution in [0.25, 0.3) is 0 Å². The lowest BCUT2D eigenvalue weighted by Crippen LogP contribution is -2.35. The maximum Gasteiger partial charge on any atom is 0.212 e. The summed E-state index contributed by atoms with van der Waals surface area (Å²) in [4.78, 5) is 1.02. The molecule has 0 amide bonds. The van der Waals surface area contributed by atoms with E-state index in [1.165, 1.54) is 0 Å². The molecule has 0 atom stereocenters. The Kier molecular flexibility index (Phi) is 5.20. The van der Waals surface area contributed by atoms with Crippen LogP contribution in [0.4, 0.5) is 0 Å². The predicted octanol–water partition coefficient (Wildman–Crippen LogP) is 1.93. The minimum Gasteiger partial charge on any atom is -0.317 e. The van der Waals surface area contributed by atoms with Crippen LogP contribution in [-0.2, 0) is 16.6 Å². The summed E-state index contributed by atoms with van der Waals surface area (Å²) in [5, 5.41) is 3.24. The predicted molar refractivity (Wildman–Crippen MR) is 78.2 cm³/mol. The summed E-state index contributed by atoms with van der Waals surface area (Å²) in [7, 11) is -3.16. The molecule has 1 aromatic heterocycles. The van der Waals surface area contributed by atoms with Gasteiger partial charge in [0.2, 0.25) is 10.0 Å². The molecule has 0 aliphatic carbocycles. The van der Waals surface area contributed by atoms with Crippen molar-refractivity contribution in [3.8, 4) is 0 Å². The minimum absolute atomic E-state index is 0.251. The number of rotatable bonds is 5. The molecular weight excluding hydrogens is 336 g/mol. The van der Waals surface area contributed by atoms with Gasteiger partial charge in [0.05, 0.1) is 9.54 Å². The van der Waals surface area contributed by atoms with Crippen molar-refractivity contribution >= 4 is 37.3 Å². The van der Waals surface area contributed by atoms with E-state index in [4.69, 9.17) is 0 Å². The number of sulfonamides is 1. The fraction of sp³-hybridized carbons (Fsp3) is 0.636. The summed E-state index contributed by atoms with van der Waals surface area (Å²) in [6.45, 7) is 2.25. The molecule has 1 fully saturated rings. The molecule has 1 aromatic rings. The molecule has 102 valence electrons. The first kappa shape index (κ1) is 14.5. The first-order valence-corrected chi connectivity index (χ1v) is 9.23. The van der Waals surface area contributed by atoms with Crippen molar-refractivity contribution in [2.75, 3.05) is 18.8 Å². The van der Waals surface area contributed by atoms with Crippen LogP contribution in [0.2, 0.25) is 0 Å². The molecule has 2 heterocycles. The molecule has 0 radical (unpaired) electrons. The molecule has 0 aromatic carbocycles. The van der Waals surface area contributed by atoms with Crippen molar-refractivity contribution < 1.29 is 8.42 Å². The van der Waals surface area contributed by atoms with Crippen LogP contribution in [0.1, 0.15) is 17.7 Å². The topological polar surface area (TPSA) is 58.2 Å². The number of hydrogen-bond acceptors (Lipinski definition) is 4. The third-order valence-electron chi connectivity index (χ3n) is 3.01. The van der Waals surface area contributed by atoms with Crippen LogP contribution in [0, 0.1) is 5.92 Å². The van der Waals surface area contributed by atoms with Gasteiger partial charge in [0.1, 0.15) is 0 Å². The highest BCUT2D eigenvalue weighted by molar-refractivity contribution is 9.11. The largest absolute Gasteiger partial charge is 0.317 e. The molecule has 0 unspecified atom stereocenters. The lowest BCUT2D eigenvalue weighted by Gasteiger charge is -2.22. The van der Waals surface area contributed by atoms with Crippen molar-refractivity contribution in [3.63, 3.8) is 0 Å². The van der Waals surface area contributed by atoms with Gasteiger partial charge in [-0.25, -0.2) is 13.1 Å². The van der Waals surface area contributed by atoms with Gasteiger partial charge in [0, 0.05) is 11.4 Å². The second kappa shape index (κ2) is 6.47. The highest BCUT2D eigenvalue weighted by Gasteiger charge is 2.20. The van der Waals surface area contributed by atoms with Crippen molar-refractivity contribution in [1.29, 1.82) is 0 Å². The van der Waals surface area contributed by atoms with E-state index in [1.807, 2.05) is 12.1 Å². The fourth-order valence-corrected chi connectivity index (χ4v) is 5.01. The van der Waals surface area contributed by atoms with Crippen LogP contribution in [-0.4, -0.2) is 27.3 Å². The maximum atomic E-state index is 11.9. The molecule has 4 nitrogen and oxygen atoms in total. The zero-order chi connectivity index (χ0) is 13.0. The molecule has 1 aliphatic rings. The maximum absolute atomic E-state index is 11.9. The van der Waals surface area contributed by atoms with Gasteiger partial charge in [-0.3, -0.25) is 0 Å². The Hall–Kier alpha value is 0.0500. The van der Waals surface area contributed by atoms with E-state index in [0.29, 0.717) is 12.5 Å². The third kappa shape index (κ3) is 4.62. The molecule has 0 bridgehead atoms. The summed E-state index contributed by atoms with van der Waals surface area (Å²) in [6.07, 6.45) is 1.90. The number of thiophene rings is 1. The Labute approximate surface area is 120 Å². The number of halogens is 1. The van der Waals surface area contributed by atoms with Crippen LogP contribution in [0.15, 0.2) is 15.9 Å². The van der Waals surface area contributed by atoms with Crippen LogP contribution >= 0.6 is 27.3 Å². The van der Waals surface area contributed by atoms with E-state index in [0.717, 1.165) is 34.6 Å². The van der Waals surface area contributed by atoms with Gasteiger partial charge in [0.25, 0.3) is 0 Å². The molecule has 1 aliphatic heterocycles. The summed E-state index contributed by atoms with van der Waals surface area (Å²) >= 11 is 4.92. The third-order valence-corrected chi connectivity index (χ3v) is 6.13. The Morgan fingerprint density at radius 3 is 2.72 bits per heavy atom. The van der Waals surface area contributed by atoms with Gasteiger partial charge < -0.3 is 5.32 Å². The van der Waals surface area contributed by atoms with Crippen molar-refractivity contribution in [3.05, 3.63) is 20.8 Å². The minimum atomic E-state index is -3.16. The second-order valence-electron chi connectivity index (χ2n) is 4.50. The van der Waals surface area contributed by atoms with Gasteiger partial charge in [-0.1, -0.05) is 0 Å². The number of hydrogen-bond donors (Lipinski definition) is 2. The van der Waals surface area contributed by atoms with Crippen molar-refractivity contribution in [1.82, 2.24) is 10.0 Å². The van der Waals surface area contributed by atoms with E-state index in [2.05, 4.69) is 26.0 Å². The number of nitrogens with one attached hydrogen (secondary N) is 2. The van der Waals surface area contributed by atoms with Crippen LogP contribution in [0.5, 0.6) is 0 Å². The molecule has 2 N–H and O–H groups in total. The quantitative estimate of drug-likeness (QED) is 0.851. The van der Waals surface area contributed by atoms with Gasteiger partial charge in [0.15, 0.2) is 0 Å². The molecule has 0 saturated carbocycles. The molecule has 7 heteroatoms. The lowest BCUT2D eigenvalue weighted by atomic mass is 10.0. The molecule has 18 heavy (non-hydrogen) atoms. The Morgan fingerprint density at radius 1 is 1.39 bits per heavy atom. The van der Waals surface area contributed by atoms with E-state index in [1.54, 1.807) is 11.3 Å². The van der Waals surface area contributed by atoms with Crippen LogP contribution < -0.4 is 10.0 Å². The van der Waals surface area contributed by atoms with E-state index >= 15 is 0 Å². The Bertz CT molecular complexity index is 481. The van der Waals surface area contributed by atoms with Gasteiger partial charge >= 0.3 is 0 Å². The highest BCUT2D eigenvalue weighted by Crippen LogP contribution is 2.22. The lowest BCUT2D eigenvalue weighted by molar-refractivity contribution is 0.400. The Morgan fingerprint density at radius 2 is 2.11 bits per heavy atom.